The summed E-state index contributed by atoms with van der Waals surface area (Å²) in [5.74, 6) is 0.531. The smallest absolute Gasteiger partial charge is 0.387 e. The molecule has 0 aliphatic heterocycles. The van der Waals surface area contributed by atoms with Gasteiger partial charge in [0.15, 0.2) is 0 Å². The number of ether oxygens (including phenoxy) is 1. The van der Waals surface area contributed by atoms with Crippen LogP contribution in [-0.4, -0.2) is 24.5 Å². The van der Waals surface area contributed by atoms with Crippen LogP contribution in [0.4, 0.5) is 8.78 Å². The Labute approximate surface area is 153 Å². The molecule has 0 radical (unpaired) electrons. The fraction of sp³-hybridized carbons (Fsp3) is 0.316. The number of carbonyl (C=O) groups is 1. The monoisotopic (exact) mass is 409 g/mol. The van der Waals surface area contributed by atoms with Gasteiger partial charge < -0.3 is 9.64 Å². The van der Waals surface area contributed by atoms with E-state index >= 15 is 0 Å². The van der Waals surface area contributed by atoms with Crippen LogP contribution in [0, 0.1) is 5.92 Å². The number of hydrogen-bond donors (Lipinski definition) is 0. The number of nitrogens with zero attached hydrogens (tertiary/aromatic N) is 1. The van der Waals surface area contributed by atoms with Gasteiger partial charge in [0.2, 0.25) is 5.91 Å². The maximum atomic E-state index is 12.6. The molecule has 6 heteroatoms. The van der Waals surface area contributed by atoms with E-state index < -0.39 is 6.61 Å². The summed E-state index contributed by atoms with van der Waals surface area (Å²) < 4.78 is 29.7. The highest BCUT2D eigenvalue weighted by Gasteiger charge is 2.45. The molecule has 0 N–H and O–H groups in total. The average molecular weight is 410 g/mol. The fourth-order valence-corrected chi connectivity index (χ4v) is 3.22. The van der Waals surface area contributed by atoms with Crippen molar-refractivity contribution in [1.29, 1.82) is 0 Å². The highest BCUT2D eigenvalue weighted by molar-refractivity contribution is 9.10. The molecule has 25 heavy (non-hydrogen) atoms. The van der Waals surface area contributed by atoms with E-state index in [4.69, 9.17) is 0 Å². The predicted octanol–water partition coefficient (Wildman–Crippen LogP) is 4.81. The molecule has 0 aromatic heterocycles. The first kappa shape index (κ1) is 17.9. The van der Waals surface area contributed by atoms with Crippen LogP contribution < -0.4 is 4.74 Å². The first-order valence-electron chi connectivity index (χ1n) is 7.98. The predicted molar refractivity (Wildman–Crippen MR) is 94.5 cm³/mol. The molecule has 2 aromatic rings. The second kappa shape index (κ2) is 7.52. The molecule has 1 aliphatic rings. The molecule has 0 bridgehead atoms. The van der Waals surface area contributed by atoms with E-state index in [2.05, 4.69) is 20.7 Å². The maximum absolute atomic E-state index is 12.6. The minimum absolute atomic E-state index is 0.0209. The van der Waals surface area contributed by atoms with E-state index in [0.29, 0.717) is 6.54 Å². The molecular weight excluding hydrogens is 392 g/mol. The van der Waals surface area contributed by atoms with Crippen LogP contribution in [0.15, 0.2) is 53.0 Å². The van der Waals surface area contributed by atoms with Crippen molar-refractivity contribution >= 4 is 21.8 Å². The molecule has 2 atom stereocenters. The first-order chi connectivity index (χ1) is 11.9. The molecule has 1 fully saturated rings. The van der Waals surface area contributed by atoms with Crippen molar-refractivity contribution in [3.63, 3.8) is 0 Å². The van der Waals surface area contributed by atoms with Crippen molar-refractivity contribution in [1.82, 2.24) is 4.90 Å². The molecule has 0 spiro atoms. The maximum Gasteiger partial charge on any atom is 0.387 e. The van der Waals surface area contributed by atoms with Gasteiger partial charge >= 0.3 is 6.61 Å². The summed E-state index contributed by atoms with van der Waals surface area (Å²) in [5, 5.41) is 0. The average Bonchev–Trinajstić information content (AvgIpc) is 3.36. The second-order valence-corrected chi connectivity index (χ2v) is 7.13. The largest absolute Gasteiger partial charge is 0.435 e. The Morgan fingerprint density at radius 3 is 2.44 bits per heavy atom. The Kier molecular flexibility index (Phi) is 5.37. The van der Waals surface area contributed by atoms with Crippen LogP contribution in [0.1, 0.15) is 23.5 Å². The molecule has 1 aliphatic carbocycles. The van der Waals surface area contributed by atoms with Gasteiger partial charge in [-0.25, -0.2) is 0 Å². The first-order valence-corrected chi connectivity index (χ1v) is 8.77. The number of carbonyl (C=O) groups excluding carboxylic acids is 1. The third kappa shape index (κ3) is 4.57. The minimum Gasteiger partial charge on any atom is -0.435 e. The number of amides is 1. The van der Waals surface area contributed by atoms with Gasteiger partial charge in [-0.2, -0.15) is 8.78 Å². The molecule has 1 saturated carbocycles. The zero-order chi connectivity index (χ0) is 18.0. The lowest BCUT2D eigenvalue weighted by atomic mass is 10.1. The zero-order valence-corrected chi connectivity index (χ0v) is 15.2. The quantitative estimate of drug-likeness (QED) is 0.684. The summed E-state index contributed by atoms with van der Waals surface area (Å²) in [4.78, 5) is 14.3. The Morgan fingerprint density at radius 2 is 1.84 bits per heavy atom. The molecule has 1 amide bonds. The van der Waals surface area contributed by atoms with E-state index in [1.54, 1.807) is 24.1 Å². The van der Waals surface area contributed by atoms with E-state index in [1.165, 1.54) is 17.7 Å². The molecule has 2 unspecified atom stereocenters. The van der Waals surface area contributed by atoms with E-state index in [9.17, 15) is 13.6 Å². The summed E-state index contributed by atoms with van der Waals surface area (Å²) in [6.45, 7) is -2.39. The van der Waals surface area contributed by atoms with Gasteiger partial charge in [0, 0.05) is 24.0 Å². The van der Waals surface area contributed by atoms with Crippen molar-refractivity contribution in [2.75, 3.05) is 7.05 Å². The van der Waals surface area contributed by atoms with Crippen LogP contribution in [-0.2, 0) is 11.3 Å². The highest BCUT2D eigenvalue weighted by atomic mass is 79.9. The van der Waals surface area contributed by atoms with Crippen molar-refractivity contribution in [2.45, 2.75) is 25.5 Å². The van der Waals surface area contributed by atoms with Crippen LogP contribution in [0.25, 0.3) is 0 Å². The topological polar surface area (TPSA) is 29.5 Å². The normalized spacial score (nSPS) is 18.9. The van der Waals surface area contributed by atoms with Gasteiger partial charge in [-0.05, 0) is 47.7 Å². The van der Waals surface area contributed by atoms with Crippen molar-refractivity contribution in [3.8, 4) is 5.75 Å². The molecule has 132 valence electrons. The van der Waals surface area contributed by atoms with Gasteiger partial charge in [0.25, 0.3) is 0 Å². The molecule has 2 aromatic carbocycles. The lowest BCUT2D eigenvalue weighted by Gasteiger charge is -2.18. The third-order valence-corrected chi connectivity index (χ3v) is 4.88. The van der Waals surface area contributed by atoms with Gasteiger partial charge in [0.05, 0.1) is 0 Å². The summed E-state index contributed by atoms with van der Waals surface area (Å²) in [7, 11) is 1.77. The van der Waals surface area contributed by atoms with Crippen molar-refractivity contribution < 1.29 is 18.3 Å². The number of benzene rings is 2. The molecule has 0 heterocycles. The highest BCUT2D eigenvalue weighted by Crippen LogP contribution is 2.48. The Hall–Kier alpha value is -1.95. The fourth-order valence-electron chi connectivity index (χ4n) is 2.96. The zero-order valence-electron chi connectivity index (χ0n) is 13.7. The van der Waals surface area contributed by atoms with Crippen LogP contribution in [0.5, 0.6) is 5.75 Å². The van der Waals surface area contributed by atoms with Gasteiger partial charge in [-0.15, -0.1) is 0 Å². The standard InChI is InChI=1S/C19H18BrF2NO2/c1-23(11-12-2-8-15(9-3-12)25-19(21)22)18(24)17-10-16(17)13-4-6-14(20)7-5-13/h2-9,16-17,19H,10-11H2,1H3. The Bertz CT molecular complexity index is 734. The van der Waals surface area contributed by atoms with Gasteiger partial charge in [-0.1, -0.05) is 40.2 Å². The summed E-state index contributed by atoms with van der Waals surface area (Å²) in [6, 6.07) is 14.4. The summed E-state index contributed by atoms with van der Waals surface area (Å²) >= 11 is 3.41. The number of hydrogen-bond acceptors (Lipinski definition) is 2. The Morgan fingerprint density at radius 1 is 1.20 bits per heavy atom. The Balaban J connectivity index is 1.55. The van der Waals surface area contributed by atoms with Crippen molar-refractivity contribution in [2.24, 2.45) is 5.92 Å². The number of rotatable bonds is 6. The van der Waals surface area contributed by atoms with Gasteiger partial charge in [-0.3, -0.25) is 4.79 Å². The van der Waals surface area contributed by atoms with E-state index in [0.717, 1.165) is 16.5 Å². The lowest BCUT2D eigenvalue weighted by molar-refractivity contribution is -0.131. The van der Waals surface area contributed by atoms with Crippen molar-refractivity contribution in [3.05, 3.63) is 64.1 Å². The molecular formula is C19H18BrF2NO2. The second-order valence-electron chi connectivity index (χ2n) is 6.22. The van der Waals surface area contributed by atoms with Crippen LogP contribution in [0.2, 0.25) is 0 Å². The third-order valence-electron chi connectivity index (χ3n) is 4.35. The summed E-state index contributed by atoms with van der Waals surface area (Å²) in [6.07, 6.45) is 0.867. The lowest BCUT2D eigenvalue weighted by Crippen LogP contribution is -2.28. The molecule has 3 nitrogen and oxygen atoms in total. The minimum atomic E-state index is -2.83. The number of alkyl halides is 2. The van der Waals surface area contributed by atoms with E-state index in [1.807, 2.05) is 24.3 Å². The molecule has 3 rings (SSSR count). The van der Waals surface area contributed by atoms with Crippen LogP contribution in [0.3, 0.4) is 0 Å². The summed E-state index contributed by atoms with van der Waals surface area (Å²) in [5.41, 5.74) is 2.06. The van der Waals surface area contributed by atoms with Crippen LogP contribution >= 0.6 is 15.9 Å². The van der Waals surface area contributed by atoms with E-state index in [-0.39, 0.29) is 23.5 Å². The SMILES string of the molecule is CN(Cc1ccc(OC(F)F)cc1)C(=O)C1CC1c1ccc(Br)cc1. The molecule has 0 saturated heterocycles. The van der Waals surface area contributed by atoms with Gasteiger partial charge in [0.1, 0.15) is 5.75 Å². The number of halogens is 3.